The first kappa shape index (κ1) is 17.0. The van der Waals surface area contributed by atoms with E-state index >= 15 is 0 Å². The van der Waals surface area contributed by atoms with Crippen molar-refractivity contribution in [2.45, 2.75) is 72.4 Å². The highest BCUT2D eigenvalue weighted by atomic mass is 16.5. The van der Waals surface area contributed by atoms with Crippen molar-refractivity contribution in [1.82, 2.24) is 5.32 Å². The van der Waals surface area contributed by atoms with Crippen molar-refractivity contribution in [2.24, 2.45) is 0 Å². The van der Waals surface area contributed by atoms with Gasteiger partial charge in [0.25, 0.3) is 0 Å². The maximum atomic E-state index is 6.32. The van der Waals surface area contributed by atoms with Crippen LogP contribution >= 0.6 is 0 Å². The average Bonchev–Trinajstić information content (AvgIpc) is 2.45. The minimum absolute atomic E-state index is 0.252. The third-order valence-corrected chi connectivity index (χ3v) is 3.94. The molecule has 0 heterocycles. The van der Waals surface area contributed by atoms with E-state index < -0.39 is 0 Å². The van der Waals surface area contributed by atoms with Crippen molar-refractivity contribution in [3.05, 3.63) is 29.3 Å². The zero-order valence-corrected chi connectivity index (χ0v) is 13.8. The molecule has 0 bridgehead atoms. The Morgan fingerprint density at radius 1 is 1.10 bits per heavy atom. The van der Waals surface area contributed by atoms with Gasteiger partial charge in [-0.2, -0.15) is 0 Å². The van der Waals surface area contributed by atoms with Crippen LogP contribution in [0.25, 0.3) is 0 Å². The van der Waals surface area contributed by atoms with Gasteiger partial charge in [0, 0.05) is 6.04 Å². The molecule has 114 valence electrons. The van der Waals surface area contributed by atoms with Crippen LogP contribution in [0.4, 0.5) is 0 Å². The maximum Gasteiger partial charge on any atom is 0.122 e. The standard InChI is InChI=1S/C18H31NO/c1-6-10-16(19-13-7-2)17(8-3)20-18-12-9-11-14(4)15(18)5/h9,11-12,16-17,19H,6-8,10,13H2,1-5H3. The van der Waals surface area contributed by atoms with E-state index in [4.69, 9.17) is 4.74 Å². The molecule has 0 aromatic heterocycles. The van der Waals surface area contributed by atoms with E-state index in [2.05, 4.69) is 58.1 Å². The topological polar surface area (TPSA) is 21.3 Å². The molecule has 20 heavy (non-hydrogen) atoms. The number of rotatable bonds is 9. The first-order chi connectivity index (χ1) is 9.63. The second-order valence-electron chi connectivity index (χ2n) is 5.61. The van der Waals surface area contributed by atoms with Gasteiger partial charge in [-0.25, -0.2) is 0 Å². The predicted molar refractivity (Wildman–Crippen MR) is 87.6 cm³/mol. The second kappa shape index (κ2) is 9.02. The molecule has 2 unspecified atom stereocenters. The highest BCUT2D eigenvalue weighted by Crippen LogP contribution is 2.24. The Morgan fingerprint density at radius 2 is 1.85 bits per heavy atom. The number of aryl methyl sites for hydroxylation is 1. The van der Waals surface area contributed by atoms with Gasteiger partial charge in [-0.3, -0.25) is 0 Å². The lowest BCUT2D eigenvalue weighted by Crippen LogP contribution is -2.43. The average molecular weight is 277 g/mol. The smallest absolute Gasteiger partial charge is 0.122 e. The van der Waals surface area contributed by atoms with E-state index in [-0.39, 0.29) is 6.10 Å². The Hall–Kier alpha value is -1.02. The largest absolute Gasteiger partial charge is 0.489 e. The van der Waals surface area contributed by atoms with E-state index in [1.807, 2.05) is 0 Å². The lowest BCUT2D eigenvalue weighted by atomic mass is 10.0. The quantitative estimate of drug-likeness (QED) is 0.710. The second-order valence-corrected chi connectivity index (χ2v) is 5.61. The normalized spacial score (nSPS) is 14.1. The fraction of sp³-hybridized carbons (Fsp3) is 0.667. The van der Waals surface area contributed by atoms with Crippen molar-refractivity contribution >= 4 is 0 Å². The molecule has 2 atom stereocenters. The van der Waals surface area contributed by atoms with Gasteiger partial charge in [-0.05, 0) is 56.8 Å². The molecule has 1 N–H and O–H groups in total. The molecule has 1 aromatic rings. The molecule has 0 saturated heterocycles. The van der Waals surface area contributed by atoms with Crippen LogP contribution in [0.15, 0.2) is 18.2 Å². The highest BCUT2D eigenvalue weighted by Gasteiger charge is 2.21. The van der Waals surface area contributed by atoms with E-state index in [0.717, 1.165) is 18.7 Å². The van der Waals surface area contributed by atoms with Gasteiger partial charge in [0.1, 0.15) is 11.9 Å². The third kappa shape index (κ3) is 4.82. The van der Waals surface area contributed by atoms with Gasteiger partial charge >= 0.3 is 0 Å². The van der Waals surface area contributed by atoms with Gasteiger partial charge in [-0.1, -0.05) is 39.3 Å². The Bertz CT molecular complexity index is 389. The summed E-state index contributed by atoms with van der Waals surface area (Å²) in [5.74, 6) is 1.04. The molecule has 1 aromatic carbocycles. The molecule has 0 aliphatic rings. The summed E-state index contributed by atoms with van der Waals surface area (Å²) in [7, 11) is 0. The minimum atomic E-state index is 0.252. The highest BCUT2D eigenvalue weighted by molar-refractivity contribution is 5.38. The van der Waals surface area contributed by atoms with Crippen molar-refractivity contribution in [3.8, 4) is 5.75 Å². The first-order valence-corrected chi connectivity index (χ1v) is 8.10. The Kier molecular flexibility index (Phi) is 7.68. The van der Waals surface area contributed by atoms with Crippen LogP contribution in [0.5, 0.6) is 5.75 Å². The molecule has 2 heteroatoms. The van der Waals surface area contributed by atoms with Gasteiger partial charge in [0.05, 0.1) is 0 Å². The molecular weight excluding hydrogens is 246 g/mol. The molecule has 0 amide bonds. The van der Waals surface area contributed by atoms with Crippen LogP contribution in [-0.4, -0.2) is 18.7 Å². The summed E-state index contributed by atoms with van der Waals surface area (Å²) < 4.78 is 6.32. The molecule has 0 fully saturated rings. The van der Waals surface area contributed by atoms with Gasteiger partial charge in [0.2, 0.25) is 0 Å². The molecule has 0 radical (unpaired) electrons. The molecule has 0 saturated carbocycles. The number of hydrogen-bond acceptors (Lipinski definition) is 2. The number of benzene rings is 1. The molecule has 2 nitrogen and oxygen atoms in total. The Balaban J connectivity index is 2.79. The van der Waals surface area contributed by atoms with Gasteiger partial charge in [0.15, 0.2) is 0 Å². The Morgan fingerprint density at radius 3 is 2.45 bits per heavy atom. The van der Waals surface area contributed by atoms with Gasteiger partial charge in [-0.15, -0.1) is 0 Å². The fourth-order valence-corrected chi connectivity index (χ4v) is 2.53. The number of ether oxygens (including phenoxy) is 1. The van der Waals surface area contributed by atoms with Crippen molar-refractivity contribution in [2.75, 3.05) is 6.54 Å². The van der Waals surface area contributed by atoms with E-state index in [0.29, 0.717) is 6.04 Å². The van der Waals surface area contributed by atoms with Crippen LogP contribution in [0.2, 0.25) is 0 Å². The van der Waals surface area contributed by atoms with Crippen LogP contribution in [0, 0.1) is 13.8 Å². The van der Waals surface area contributed by atoms with Crippen LogP contribution < -0.4 is 10.1 Å². The monoisotopic (exact) mass is 277 g/mol. The summed E-state index contributed by atoms with van der Waals surface area (Å²) in [4.78, 5) is 0. The molecule has 1 rings (SSSR count). The summed E-state index contributed by atoms with van der Waals surface area (Å²) in [6.45, 7) is 12.0. The number of hydrogen-bond donors (Lipinski definition) is 1. The molecular formula is C18H31NO. The molecule has 0 aliphatic carbocycles. The molecule has 0 spiro atoms. The summed E-state index contributed by atoms with van der Waals surface area (Å²) in [5.41, 5.74) is 2.56. The zero-order valence-electron chi connectivity index (χ0n) is 13.8. The van der Waals surface area contributed by atoms with E-state index in [9.17, 15) is 0 Å². The Labute approximate surface area is 124 Å². The van der Waals surface area contributed by atoms with E-state index in [1.165, 1.54) is 30.4 Å². The maximum absolute atomic E-state index is 6.32. The first-order valence-electron chi connectivity index (χ1n) is 8.10. The van der Waals surface area contributed by atoms with Crippen LogP contribution in [0.1, 0.15) is 57.6 Å². The third-order valence-electron chi connectivity index (χ3n) is 3.94. The van der Waals surface area contributed by atoms with Crippen molar-refractivity contribution in [1.29, 1.82) is 0 Å². The molecule has 0 aliphatic heterocycles. The zero-order chi connectivity index (χ0) is 15.0. The van der Waals surface area contributed by atoms with Gasteiger partial charge < -0.3 is 10.1 Å². The van der Waals surface area contributed by atoms with Crippen LogP contribution in [0.3, 0.4) is 0 Å². The van der Waals surface area contributed by atoms with Crippen LogP contribution in [-0.2, 0) is 0 Å². The van der Waals surface area contributed by atoms with Crippen molar-refractivity contribution in [3.63, 3.8) is 0 Å². The minimum Gasteiger partial charge on any atom is -0.489 e. The lowest BCUT2D eigenvalue weighted by molar-refractivity contribution is 0.141. The summed E-state index contributed by atoms with van der Waals surface area (Å²) >= 11 is 0. The SMILES string of the molecule is CCCNC(CCC)C(CC)Oc1cccc(C)c1C. The summed E-state index contributed by atoms with van der Waals surface area (Å²) in [6, 6.07) is 6.76. The summed E-state index contributed by atoms with van der Waals surface area (Å²) in [6.07, 6.45) is 4.81. The fourth-order valence-electron chi connectivity index (χ4n) is 2.53. The van der Waals surface area contributed by atoms with Crippen molar-refractivity contribution < 1.29 is 4.74 Å². The number of nitrogens with one attached hydrogen (secondary N) is 1. The van der Waals surface area contributed by atoms with E-state index in [1.54, 1.807) is 0 Å². The summed E-state index contributed by atoms with van der Waals surface area (Å²) in [5, 5.41) is 3.65. The predicted octanol–water partition coefficient (Wildman–Crippen LogP) is 4.63. The lowest BCUT2D eigenvalue weighted by Gasteiger charge is -2.28.